The van der Waals surface area contributed by atoms with Crippen molar-refractivity contribution in [3.05, 3.63) is 36.0 Å². The van der Waals surface area contributed by atoms with Crippen LogP contribution >= 0.6 is 0 Å². The van der Waals surface area contributed by atoms with Gasteiger partial charge in [-0.1, -0.05) is 38.8 Å². The Bertz CT molecular complexity index is 1310. The molecule has 3 fully saturated rings. The molecule has 5 aliphatic rings. The Labute approximate surface area is 261 Å². The molecule has 2 saturated carbocycles. The van der Waals surface area contributed by atoms with Gasteiger partial charge in [-0.25, -0.2) is 0 Å². The Morgan fingerprint density at radius 1 is 1.16 bits per heavy atom. The number of anilines is 2. The number of amides is 3. The van der Waals surface area contributed by atoms with Gasteiger partial charge in [0.25, 0.3) is 0 Å². The molecule has 1 saturated heterocycles. The number of hydrogen-bond acceptors (Lipinski definition) is 6. The maximum Gasteiger partial charge on any atom is 0.232 e. The minimum atomic E-state index is -0.477. The molecule has 0 aromatic heterocycles. The summed E-state index contributed by atoms with van der Waals surface area (Å²) in [7, 11) is 1.68. The van der Waals surface area contributed by atoms with Crippen LogP contribution in [0.4, 0.5) is 11.4 Å². The normalized spacial score (nSPS) is 27.2. The van der Waals surface area contributed by atoms with Crippen LogP contribution < -0.4 is 20.4 Å². The van der Waals surface area contributed by atoms with Gasteiger partial charge in [-0.15, -0.1) is 0 Å². The van der Waals surface area contributed by atoms with E-state index in [2.05, 4.69) is 39.9 Å². The van der Waals surface area contributed by atoms with Crippen LogP contribution in [-0.2, 0) is 25.5 Å². The zero-order chi connectivity index (χ0) is 30.9. The minimum absolute atomic E-state index is 0.0624. The van der Waals surface area contributed by atoms with Crippen molar-refractivity contribution >= 4 is 35.3 Å². The number of ether oxygens (including phenoxy) is 1. The van der Waals surface area contributed by atoms with Gasteiger partial charge in [-0.3, -0.25) is 19.4 Å². The first-order chi connectivity index (χ1) is 21.2. The number of nitrogens with one attached hydrogen (secondary N) is 2. The van der Waals surface area contributed by atoms with Crippen molar-refractivity contribution in [1.82, 2.24) is 10.6 Å². The molecule has 9 nitrogen and oxygen atoms in total. The first-order valence-corrected chi connectivity index (χ1v) is 16.7. The molecule has 0 radical (unpaired) electrons. The van der Waals surface area contributed by atoms with E-state index < -0.39 is 5.41 Å². The Morgan fingerprint density at radius 2 is 1.93 bits per heavy atom. The van der Waals surface area contributed by atoms with Crippen molar-refractivity contribution < 1.29 is 19.1 Å². The van der Waals surface area contributed by atoms with Gasteiger partial charge in [0, 0.05) is 80.1 Å². The summed E-state index contributed by atoms with van der Waals surface area (Å²) >= 11 is 0. The number of nitrogens with zero attached hydrogens (tertiary/aromatic N) is 3. The molecule has 6 rings (SSSR count). The number of rotatable bonds is 10. The van der Waals surface area contributed by atoms with Crippen LogP contribution in [0.5, 0.6) is 0 Å². The molecule has 3 heterocycles. The lowest BCUT2D eigenvalue weighted by atomic mass is 9.78. The molecule has 1 aromatic carbocycles. The smallest absolute Gasteiger partial charge is 0.232 e. The first kappa shape index (κ1) is 31.0. The van der Waals surface area contributed by atoms with E-state index in [1.54, 1.807) is 7.11 Å². The van der Waals surface area contributed by atoms with E-state index in [9.17, 15) is 14.4 Å². The average molecular weight is 604 g/mol. The van der Waals surface area contributed by atoms with Crippen LogP contribution in [0.3, 0.4) is 0 Å². The van der Waals surface area contributed by atoms with Crippen LogP contribution in [-0.4, -0.2) is 68.9 Å². The zero-order valence-electron chi connectivity index (χ0n) is 26.6. The van der Waals surface area contributed by atoms with Gasteiger partial charge in [0.1, 0.15) is 0 Å². The highest BCUT2D eigenvalue weighted by atomic mass is 16.5. The number of piperidine rings is 1. The van der Waals surface area contributed by atoms with Crippen LogP contribution in [0.1, 0.15) is 77.2 Å². The second kappa shape index (κ2) is 12.8. The largest absolute Gasteiger partial charge is 0.385 e. The first-order valence-electron chi connectivity index (χ1n) is 16.7. The summed E-state index contributed by atoms with van der Waals surface area (Å²) in [6.45, 7) is 6.34. The van der Waals surface area contributed by atoms with Gasteiger partial charge in [-0.05, 0) is 69.1 Å². The highest BCUT2D eigenvalue weighted by Crippen LogP contribution is 2.43. The lowest BCUT2D eigenvalue weighted by Crippen LogP contribution is -2.56. The second-order valence-electron chi connectivity index (χ2n) is 14.3. The molecule has 238 valence electrons. The van der Waals surface area contributed by atoms with Crippen molar-refractivity contribution in [2.75, 3.05) is 43.2 Å². The number of fused-ring (bicyclic) bond motifs is 1. The molecule has 9 heteroatoms. The SMILES string of the molecule is COCCCN1C(=O)C(C)(C)Cc2ccc(N(C(=O)[C@H]3CNC[C@@H](C(=O)NC4(C5C=CN=CC5)CCCC4)C3)C3CC3)cc21. The van der Waals surface area contributed by atoms with E-state index in [-0.39, 0.29) is 47.1 Å². The predicted molar refractivity (Wildman–Crippen MR) is 173 cm³/mol. The quantitative estimate of drug-likeness (QED) is 0.386. The van der Waals surface area contributed by atoms with Crippen molar-refractivity contribution in [2.24, 2.45) is 28.2 Å². The van der Waals surface area contributed by atoms with E-state index >= 15 is 0 Å². The minimum Gasteiger partial charge on any atom is -0.385 e. The summed E-state index contributed by atoms with van der Waals surface area (Å²) in [6, 6.07) is 6.37. The van der Waals surface area contributed by atoms with Gasteiger partial charge in [0.05, 0.1) is 11.8 Å². The third kappa shape index (κ3) is 6.23. The van der Waals surface area contributed by atoms with E-state index in [1.807, 2.05) is 36.1 Å². The summed E-state index contributed by atoms with van der Waals surface area (Å²) in [5.41, 5.74) is 2.19. The Kier molecular flexibility index (Phi) is 8.98. The number of aliphatic imine (C=N–C) groups is 1. The molecule has 3 aliphatic heterocycles. The lowest BCUT2D eigenvalue weighted by Gasteiger charge is -2.40. The topological polar surface area (TPSA) is 103 Å². The predicted octanol–water partition coefficient (Wildman–Crippen LogP) is 4.39. The van der Waals surface area contributed by atoms with E-state index in [1.165, 1.54) is 0 Å². The van der Waals surface area contributed by atoms with Gasteiger partial charge in [-0.2, -0.15) is 0 Å². The summed E-state index contributed by atoms with van der Waals surface area (Å²) in [4.78, 5) is 49.6. The van der Waals surface area contributed by atoms with Crippen molar-refractivity contribution in [3.8, 4) is 0 Å². The van der Waals surface area contributed by atoms with Gasteiger partial charge in [0.15, 0.2) is 0 Å². The molecule has 0 spiro atoms. The summed E-state index contributed by atoms with van der Waals surface area (Å²) in [5, 5.41) is 6.92. The molecule has 1 aromatic rings. The number of methoxy groups -OCH3 is 1. The average Bonchev–Trinajstić information content (AvgIpc) is 3.75. The van der Waals surface area contributed by atoms with Crippen molar-refractivity contribution in [2.45, 2.75) is 89.6 Å². The molecule has 0 bridgehead atoms. The number of carbonyl (C=O) groups is 3. The van der Waals surface area contributed by atoms with Gasteiger partial charge in [0.2, 0.25) is 17.7 Å². The fourth-order valence-corrected chi connectivity index (χ4v) is 7.91. The van der Waals surface area contributed by atoms with E-state index in [4.69, 9.17) is 4.74 Å². The third-order valence-corrected chi connectivity index (χ3v) is 10.5. The molecule has 3 atom stereocenters. The number of carbonyl (C=O) groups excluding carboxylic acids is 3. The summed E-state index contributed by atoms with van der Waals surface area (Å²) < 4.78 is 5.27. The molecule has 3 amide bonds. The second-order valence-corrected chi connectivity index (χ2v) is 14.3. The van der Waals surface area contributed by atoms with Gasteiger partial charge >= 0.3 is 0 Å². The molecular formula is C35H49N5O4. The highest BCUT2D eigenvalue weighted by Gasteiger charge is 2.45. The molecular weight excluding hydrogens is 554 g/mol. The Morgan fingerprint density at radius 3 is 2.64 bits per heavy atom. The molecule has 2 aliphatic carbocycles. The third-order valence-electron chi connectivity index (χ3n) is 10.5. The summed E-state index contributed by atoms with van der Waals surface area (Å²) in [6.07, 6.45) is 14.9. The van der Waals surface area contributed by atoms with Crippen molar-refractivity contribution in [3.63, 3.8) is 0 Å². The maximum atomic E-state index is 14.3. The van der Waals surface area contributed by atoms with E-state index in [0.29, 0.717) is 39.1 Å². The van der Waals surface area contributed by atoms with Crippen LogP contribution in [0, 0.1) is 23.2 Å². The maximum absolute atomic E-state index is 14.3. The zero-order valence-corrected chi connectivity index (χ0v) is 26.6. The lowest BCUT2D eigenvalue weighted by molar-refractivity contribution is -0.130. The standard InChI is InChI=1S/C35H49N5O4/c1-34(2)21-24-7-8-29(20-30(24)39(33(34)43)17-6-18-44-3)40(28-9-10-28)32(42)26-19-25(22-37-23-26)31(41)38-35(13-4-5-14-35)27-11-15-36-16-12-27/h7-8,11,15-16,20,25-28,37H,4-6,9-10,12-14,17-19,21-23H2,1-3H3,(H,38,41)/t25-,26+,27?/m0/s1. The highest BCUT2D eigenvalue weighted by molar-refractivity contribution is 6.02. The number of hydrogen-bond donors (Lipinski definition) is 2. The summed E-state index contributed by atoms with van der Waals surface area (Å²) in [5.74, 6) is -0.0154. The monoisotopic (exact) mass is 603 g/mol. The van der Waals surface area contributed by atoms with Crippen LogP contribution in [0.2, 0.25) is 0 Å². The Balaban J connectivity index is 1.19. The van der Waals surface area contributed by atoms with Gasteiger partial charge < -0.3 is 25.2 Å². The molecule has 2 N–H and O–H groups in total. The fourth-order valence-electron chi connectivity index (χ4n) is 7.91. The number of benzene rings is 1. The van der Waals surface area contributed by atoms with Crippen LogP contribution in [0.25, 0.3) is 0 Å². The van der Waals surface area contributed by atoms with Crippen molar-refractivity contribution in [1.29, 1.82) is 0 Å². The Hall–Kier alpha value is -3.04. The van der Waals surface area contributed by atoms with Crippen LogP contribution in [0.15, 0.2) is 35.5 Å². The van der Waals surface area contributed by atoms with E-state index in [0.717, 1.165) is 68.3 Å². The fraction of sp³-hybridized carbons (Fsp3) is 0.657. The molecule has 44 heavy (non-hydrogen) atoms. The molecule has 1 unspecified atom stereocenters.